The molecule has 0 aliphatic carbocycles. The van der Waals surface area contributed by atoms with Crippen LogP contribution in [0, 0.1) is 0 Å². The standard InChI is InChI=1S/C20H20ClNO5/c1-3-20(19(25)26,15-7-9-16(21)10-8-15)22-18(24)12-27-17-6-4-5-14(11-17)13(2)23/h4-11H,3,12H2,1-2H3,(H,22,24)(H,25,26). The van der Waals surface area contributed by atoms with E-state index in [0.717, 1.165) is 0 Å². The van der Waals surface area contributed by atoms with Crippen molar-refractivity contribution in [1.29, 1.82) is 0 Å². The number of rotatable bonds is 8. The summed E-state index contributed by atoms with van der Waals surface area (Å²) < 4.78 is 5.41. The molecule has 1 amide bonds. The minimum absolute atomic E-state index is 0.122. The first-order valence-corrected chi connectivity index (χ1v) is 8.70. The Hall–Kier alpha value is -2.86. The first kappa shape index (κ1) is 20.5. The van der Waals surface area contributed by atoms with Crippen LogP contribution < -0.4 is 10.1 Å². The summed E-state index contributed by atoms with van der Waals surface area (Å²) in [6.07, 6.45) is 0.134. The molecule has 0 saturated heterocycles. The highest BCUT2D eigenvalue weighted by atomic mass is 35.5. The maximum absolute atomic E-state index is 12.4. The number of halogens is 1. The number of benzene rings is 2. The van der Waals surface area contributed by atoms with Crippen molar-refractivity contribution in [3.63, 3.8) is 0 Å². The second-order valence-electron chi connectivity index (χ2n) is 5.99. The number of carboxylic acids is 1. The summed E-state index contributed by atoms with van der Waals surface area (Å²) in [6, 6.07) is 12.7. The van der Waals surface area contributed by atoms with Crippen LogP contribution in [0.2, 0.25) is 5.02 Å². The number of carbonyl (C=O) groups excluding carboxylic acids is 2. The highest BCUT2D eigenvalue weighted by Crippen LogP contribution is 2.27. The Labute approximate surface area is 162 Å². The third-order valence-electron chi connectivity index (χ3n) is 4.20. The highest BCUT2D eigenvalue weighted by Gasteiger charge is 2.40. The van der Waals surface area contributed by atoms with Crippen molar-refractivity contribution >= 4 is 29.3 Å². The molecule has 2 aromatic carbocycles. The van der Waals surface area contributed by atoms with E-state index >= 15 is 0 Å². The number of nitrogens with one attached hydrogen (secondary N) is 1. The zero-order chi connectivity index (χ0) is 20.0. The van der Waals surface area contributed by atoms with E-state index in [4.69, 9.17) is 16.3 Å². The van der Waals surface area contributed by atoms with Crippen LogP contribution in [0.15, 0.2) is 48.5 Å². The van der Waals surface area contributed by atoms with E-state index in [1.807, 2.05) is 0 Å². The lowest BCUT2D eigenvalue weighted by molar-refractivity contribution is -0.148. The number of ketones is 1. The molecule has 0 spiro atoms. The van der Waals surface area contributed by atoms with Crippen LogP contribution in [0.1, 0.15) is 36.2 Å². The fourth-order valence-electron chi connectivity index (χ4n) is 2.66. The second-order valence-corrected chi connectivity index (χ2v) is 6.43. The lowest BCUT2D eigenvalue weighted by Gasteiger charge is -2.30. The van der Waals surface area contributed by atoms with E-state index in [1.54, 1.807) is 49.4 Å². The molecule has 0 radical (unpaired) electrons. The van der Waals surface area contributed by atoms with E-state index in [2.05, 4.69) is 5.32 Å². The van der Waals surface area contributed by atoms with Crippen LogP contribution in [-0.2, 0) is 15.1 Å². The van der Waals surface area contributed by atoms with Gasteiger partial charge in [-0.05, 0) is 43.2 Å². The van der Waals surface area contributed by atoms with E-state index in [9.17, 15) is 19.5 Å². The van der Waals surface area contributed by atoms with Gasteiger partial charge in [0.25, 0.3) is 5.91 Å². The fourth-order valence-corrected chi connectivity index (χ4v) is 2.78. The van der Waals surface area contributed by atoms with Gasteiger partial charge in [0, 0.05) is 10.6 Å². The van der Waals surface area contributed by atoms with Crippen molar-refractivity contribution in [1.82, 2.24) is 5.32 Å². The van der Waals surface area contributed by atoms with Gasteiger partial charge in [0.2, 0.25) is 0 Å². The fraction of sp³-hybridized carbons (Fsp3) is 0.250. The summed E-state index contributed by atoms with van der Waals surface area (Å²) >= 11 is 5.86. The summed E-state index contributed by atoms with van der Waals surface area (Å²) in [7, 11) is 0. The lowest BCUT2D eigenvalue weighted by atomic mass is 9.87. The van der Waals surface area contributed by atoms with Crippen molar-refractivity contribution in [2.75, 3.05) is 6.61 Å². The molecule has 142 valence electrons. The molecule has 1 unspecified atom stereocenters. The zero-order valence-electron chi connectivity index (χ0n) is 15.0. The Morgan fingerprint density at radius 1 is 1.15 bits per heavy atom. The third kappa shape index (κ3) is 4.86. The van der Waals surface area contributed by atoms with Gasteiger partial charge in [-0.1, -0.05) is 42.8 Å². The Kier molecular flexibility index (Phi) is 6.58. The van der Waals surface area contributed by atoms with Crippen LogP contribution in [0.25, 0.3) is 0 Å². The number of carboxylic acid groups (broad SMARTS) is 1. The quantitative estimate of drug-likeness (QED) is 0.675. The van der Waals surface area contributed by atoms with E-state index in [0.29, 0.717) is 21.9 Å². The molecular formula is C20H20ClNO5. The summed E-state index contributed by atoms with van der Waals surface area (Å²) in [4.78, 5) is 35.7. The minimum Gasteiger partial charge on any atom is -0.484 e. The van der Waals surface area contributed by atoms with Crippen LogP contribution >= 0.6 is 11.6 Å². The van der Waals surface area contributed by atoms with Gasteiger partial charge in [-0.25, -0.2) is 4.79 Å². The van der Waals surface area contributed by atoms with Gasteiger partial charge in [0.1, 0.15) is 5.75 Å². The number of hydrogen-bond donors (Lipinski definition) is 2. The van der Waals surface area contributed by atoms with Gasteiger partial charge in [0.05, 0.1) is 0 Å². The molecule has 6 nitrogen and oxygen atoms in total. The average molecular weight is 390 g/mol. The SMILES string of the molecule is CCC(NC(=O)COc1cccc(C(C)=O)c1)(C(=O)O)c1ccc(Cl)cc1. The van der Waals surface area contributed by atoms with Gasteiger partial charge >= 0.3 is 5.97 Å². The van der Waals surface area contributed by atoms with E-state index < -0.39 is 17.4 Å². The van der Waals surface area contributed by atoms with Crippen LogP contribution in [0.4, 0.5) is 0 Å². The van der Waals surface area contributed by atoms with Crippen LogP contribution in [0.5, 0.6) is 5.75 Å². The monoisotopic (exact) mass is 389 g/mol. The molecule has 0 aromatic heterocycles. The first-order chi connectivity index (χ1) is 12.8. The van der Waals surface area contributed by atoms with Gasteiger partial charge in [-0.15, -0.1) is 0 Å². The van der Waals surface area contributed by atoms with Gasteiger partial charge in [-0.2, -0.15) is 0 Å². The number of ether oxygens (including phenoxy) is 1. The first-order valence-electron chi connectivity index (χ1n) is 8.32. The average Bonchev–Trinajstić information content (AvgIpc) is 2.65. The number of amides is 1. The molecule has 0 heterocycles. The van der Waals surface area contributed by atoms with Gasteiger partial charge in [0.15, 0.2) is 17.9 Å². The maximum atomic E-state index is 12.4. The third-order valence-corrected chi connectivity index (χ3v) is 4.45. The summed E-state index contributed by atoms with van der Waals surface area (Å²) in [6.45, 7) is 2.71. The predicted octanol–water partition coefficient (Wildman–Crippen LogP) is 3.43. The van der Waals surface area contributed by atoms with Crippen molar-refractivity contribution in [2.45, 2.75) is 25.8 Å². The number of aliphatic carboxylic acids is 1. The summed E-state index contributed by atoms with van der Waals surface area (Å²) in [5, 5.41) is 12.8. The van der Waals surface area contributed by atoms with E-state index in [1.165, 1.54) is 13.0 Å². The molecule has 0 aliphatic heterocycles. The smallest absolute Gasteiger partial charge is 0.334 e. The van der Waals surface area contributed by atoms with Crippen molar-refractivity contribution in [2.24, 2.45) is 0 Å². The van der Waals surface area contributed by atoms with Crippen molar-refractivity contribution in [3.8, 4) is 5.75 Å². The minimum atomic E-state index is -1.59. The largest absolute Gasteiger partial charge is 0.484 e. The number of Topliss-reactive ketones (excluding diaryl/α,β-unsaturated/α-hetero) is 1. The maximum Gasteiger partial charge on any atom is 0.334 e. The lowest BCUT2D eigenvalue weighted by Crippen LogP contribution is -2.52. The molecule has 2 aromatic rings. The topological polar surface area (TPSA) is 92.7 Å². The Bertz CT molecular complexity index is 850. The van der Waals surface area contributed by atoms with Gasteiger partial charge in [-0.3, -0.25) is 9.59 Å². The summed E-state index contributed by atoms with van der Waals surface area (Å²) in [5.74, 6) is -1.55. The van der Waals surface area contributed by atoms with Gasteiger partial charge < -0.3 is 15.2 Å². The van der Waals surface area contributed by atoms with Crippen molar-refractivity contribution in [3.05, 3.63) is 64.7 Å². The molecule has 0 aliphatic rings. The number of hydrogen-bond acceptors (Lipinski definition) is 4. The molecule has 27 heavy (non-hydrogen) atoms. The molecular weight excluding hydrogens is 370 g/mol. The summed E-state index contributed by atoms with van der Waals surface area (Å²) in [5.41, 5.74) is -0.719. The van der Waals surface area contributed by atoms with Crippen LogP contribution in [-0.4, -0.2) is 29.4 Å². The Morgan fingerprint density at radius 3 is 2.37 bits per heavy atom. The zero-order valence-corrected chi connectivity index (χ0v) is 15.7. The molecule has 0 saturated carbocycles. The predicted molar refractivity (Wildman–Crippen MR) is 101 cm³/mol. The molecule has 7 heteroatoms. The molecule has 0 fully saturated rings. The highest BCUT2D eigenvalue weighted by molar-refractivity contribution is 6.30. The van der Waals surface area contributed by atoms with Crippen LogP contribution in [0.3, 0.4) is 0 Å². The molecule has 2 rings (SSSR count). The molecule has 2 N–H and O–H groups in total. The van der Waals surface area contributed by atoms with Crippen molar-refractivity contribution < 1.29 is 24.2 Å². The Balaban J connectivity index is 2.14. The van der Waals surface area contributed by atoms with E-state index in [-0.39, 0.29) is 18.8 Å². The Morgan fingerprint density at radius 2 is 1.81 bits per heavy atom. The normalized spacial score (nSPS) is 12.7. The number of carbonyl (C=O) groups is 3. The molecule has 1 atom stereocenters. The molecule has 0 bridgehead atoms. The second kappa shape index (κ2) is 8.68.